The first-order valence-corrected chi connectivity index (χ1v) is 29.4. The van der Waals surface area contributed by atoms with Gasteiger partial charge in [-0.05, 0) is 99.6 Å². The predicted molar refractivity (Wildman–Crippen MR) is 327 cm³/mol. The fourth-order valence-electron chi connectivity index (χ4n) is 12.8. The first kappa shape index (κ1) is 59.8. The van der Waals surface area contributed by atoms with Crippen LogP contribution in [0.5, 0.6) is 34.5 Å². The molecule has 0 radical (unpaired) electrons. The fourth-order valence-corrected chi connectivity index (χ4v) is 13.0. The minimum atomic E-state index is -0.495. The number of benzene rings is 6. The average Bonchev–Trinajstić information content (AvgIpc) is 1.66. The summed E-state index contributed by atoms with van der Waals surface area (Å²) in [5, 5.41) is 54.1. The topological polar surface area (TPSA) is 275 Å². The molecule has 0 saturated heterocycles. The smallest absolute Gasteiger partial charge is 0.335 e. The van der Waals surface area contributed by atoms with Crippen LogP contribution in [0.3, 0.4) is 0 Å². The number of carbonyl (C=O) groups is 3. The quantitative estimate of drug-likeness (QED) is 0.0653. The number of phenols is 2. The maximum atomic E-state index is 12.8. The summed E-state index contributed by atoms with van der Waals surface area (Å²) in [6, 6.07) is 35.8. The van der Waals surface area contributed by atoms with Crippen molar-refractivity contribution >= 4 is 41.1 Å². The molecule has 3 aromatic heterocycles. The number of phenolic OH excluding ortho intramolecular Hbond substituents is 2. The number of esters is 3. The van der Waals surface area contributed by atoms with Gasteiger partial charge >= 0.3 is 17.9 Å². The summed E-state index contributed by atoms with van der Waals surface area (Å²) in [6.07, 6.45) is 1.38. The number of hydrogen-bond donors (Lipinski definition) is 4. The number of fused-ring (bicyclic) bond motifs is 3. The summed E-state index contributed by atoms with van der Waals surface area (Å²) in [5.74, 6) is 1.12. The van der Waals surface area contributed by atoms with E-state index in [0.29, 0.717) is 109 Å². The zero-order valence-corrected chi connectivity index (χ0v) is 50.6. The highest BCUT2D eigenvalue weighted by molar-refractivity contribution is 6.31. The predicted octanol–water partition coefficient (Wildman–Crippen LogP) is 11.4. The van der Waals surface area contributed by atoms with E-state index in [2.05, 4.69) is 15.5 Å². The van der Waals surface area contributed by atoms with Gasteiger partial charge < -0.3 is 67.2 Å². The highest BCUT2D eigenvalue weighted by atomic mass is 35.5. The molecular weight excluding hydrogens is 1210 g/mol. The number of aliphatic hydroxyl groups excluding tert-OH is 2. The van der Waals surface area contributed by atoms with Gasteiger partial charge in [0.15, 0.2) is 34.5 Å². The Balaban J connectivity index is 0.000000125. The Morgan fingerprint density at radius 3 is 1.16 bits per heavy atom. The van der Waals surface area contributed by atoms with Crippen molar-refractivity contribution in [1.29, 1.82) is 0 Å². The van der Waals surface area contributed by atoms with E-state index in [1.165, 1.54) is 28.4 Å². The Kier molecular flexibility index (Phi) is 16.2. The van der Waals surface area contributed by atoms with Gasteiger partial charge in [-0.1, -0.05) is 99.3 Å². The van der Waals surface area contributed by atoms with Crippen molar-refractivity contribution in [2.45, 2.75) is 50.2 Å². The normalized spacial score (nSPS) is 17.5. The Bertz CT molecular complexity index is 4460. The van der Waals surface area contributed by atoms with Gasteiger partial charge in [0, 0.05) is 86.0 Å². The van der Waals surface area contributed by atoms with Gasteiger partial charge in [0.1, 0.15) is 54.2 Å². The van der Waals surface area contributed by atoms with Crippen LogP contribution in [0, 0.1) is 0 Å². The molecule has 4 N–H and O–H groups in total. The molecule has 0 saturated carbocycles. The molecule has 3 unspecified atom stereocenters. The van der Waals surface area contributed by atoms with E-state index < -0.39 is 17.8 Å². The van der Waals surface area contributed by atoms with Crippen molar-refractivity contribution in [3.63, 3.8) is 0 Å². The van der Waals surface area contributed by atoms with E-state index in [1.54, 1.807) is 48.5 Å². The highest BCUT2D eigenvalue weighted by Gasteiger charge is 2.46. The first-order chi connectivity index (χ1) is 44.2. The van der Waals surface area contributed by atoms with E-state index in [4.69, 9.17) is 69.9 Å². The Hall–Kier alpha value is -10.1. The zero-order chi connectivity index (χ0) is 63.4. The molecule has 0 spiro atoms. The maximum Gasteiger partial charge on any atom is 0.335 e. The van der Waals surface area contributed by atoms with Crippen molar-refractivity contribution < 1.29 is 81.5 Å². The lowest BCUT2D eigenvalue weighted by molar-refractivity contribution is -0.137. The molecule has 3 atom stereocenters. The van der Waals surface area contributed by atoms with Crippen LogP contribution in [0.1, 0.15) is 79.5 Å². The third-order valence-corrected chi connectivity index (χ3v) is 17.5. The summed E-state index contributed by atoms with van der Waals surface area (Å²) in [6.45, 7) is 0.391. The van der Waals surface area contributed by atoms with Crippen LogP contribution in [0.25, 0.3) is 33.8 Å². The zero-order valence-electron chi connectivity index (χ0n) is 49.1. The Labute approximate surface area is 529 Å². The molecule has 6 aromatic carbocycles. The number of cyclic esters (lactones) is 3. The second-order valence-electron chi connectivity index (χ2n) is 22.0. The van der Waals surface area contributed by atoms with Crippen LogP contribution in [-0.2, 0) is 61.1 Å². The molecule has 0 fully saturated rings. The second kappa shape index (κ2) is 24.7. The number of hydrogen-bond acceptors (Lipinski definition) is 20. The molecule has 9 aromatic rings. The number of ether oxygens (including phenoxy) is 7. The molecule has 91 heavy (non-hydrogen) atoms. The number of aromatic hydroxyl groups is 2. The Morgan fingerprint density at radius 2 is 0.824 bits per heavy atom. The van der Waals surface area contributed by atoms with Gasteiger partial charge in [-0.15, -0.1) is 0 Å². The van der Waals surface area contributed by atoms with Gasteiger partial charge in [0.25, 0.3) is 0 Å². The maximum absolute atomic E-state index is 12.8. The van der Waals surface area contributed by atoms with Gasteiger partial charge in [-0.3, -0.25) is 0 Å². The van der Waals surface area contributed by atoms with E-state index in [-0.39, 0.29) is 62.4 Å². The first-order valence-electron chi connectivity index (χ1n) is 28.7. The number of halogens is 2. The Morgan fingerprint density at radius 1 is 0.451 bits per heavy atom. The molecule has 0 bridgehead atoms. The molecule has 0 amide bonds. The minimum absolute atomic E-state index is 0.00450. The fraction of sp³-hybridized carbons (Fsp3) is 0.217. The average molecular weight is 1270 g/mol. The summed E-state index contributed by atoms with van der Waals surface area (Å²) < 4.78 is 54.4. The molecular formula is C69H55Cl2N3O17. The number of nitrogens with zero attached hydrogens (tertiary/aromatic N) is 3. The molecule has 20 nitrogen and oxygen atoms in total. The van der Waals surface area contributed by atoms with Gasteiger partial charge in [0.05, 0.1) is 58.4 Å². The van der Waals surface area contributed by atoms with E-state index in [1.807, 2.05) is 72.8 Å². The summed E-state index contributed by atoms with van der Waals surface area (Å²) in [4.78, 5) is 38.0. The molecule has 6 heterocycles. The van der Waals surface area contributed by atoms with Crippen LogP contribution in [-0.4, -0.2) is 102 Å². The number of aliphatic hydroxyl groups is 2. The van der Waals surface area contributed by atoms with Crippen LogP contribution in [0.15, 0.2) is 168 Å². The summed E-state index contributed by atoms with van der Waals surface area (Å²) in [7, 11) is 6.02. The van der Waals surface area contributed by atoms with Gasteiger partial charge in [0.2, 0.25) is 0 Å². The van der Waals surface area contributed by atoms with Crippen LogP contribution in [0.4, 0.5) is 0 Å². The van der Waals surface area contributed by atoms with E-state index in [0.717, 1.165) is 72.4 Å². The second-order valence-corrected chi connectivity index (χ2v) is 22.9. The van der Waals surface area contributed by atoms with Crippen LogP contribution < -0.4 is 18.9 Å². The lowest BCUT2D eigenvalue weighted by atomic mass is 9.76. The van der Waals surface area contributed by atoms with Gasteiger partial charge in [-0.2, -0.15) is 0 Å². The van der Waals surface area contributed by atoms with Crippen molar-refractivity contribution in [3.05, 3.63) is 227 Å². The number of aromatic nitrogens is 3. The molecule has 3 aliphatic heterocycles. The van der Waals surface area contributed by atoms with Crippen molar-refractivity contribution in [2.24, 2.45) is 0 Å². The third-order valence-electron chi connectivity index (χ3n) is 17.0. The number of methoxy groups -OCH3 is 4. The number of rotatable bonds is 12. The van der Waals surface area contributed by atoms with Crippen LogP contribution in [0.2, 0.25) is 10.0 Å². The van der Waals surface area contributed by atoms with Crippen molar-refractivity contribution in [3.8, 4) is 68.3 Å². The van der Waals surface area contributed by atoms with Crippen LogP contribution >= 0.6 is 23.2 Å². The minimum Gasteiger partial charge on any atom is -0.504 e. The number of carbonyl (C=O) groups excluding carboxylic acids is 3. The largest absolute Gasteiger partial charge is 0.504 e. The lowest BCUT2D eigenvalue weighted by Crippen LogP contribution is -2.18. The standard InChI is InChI=1S/C24H20ClNO6.C23H19NO6.C22H16ClNO5/c1-29-18-8-13(7-14(10-27)23(18)30-2)19-20-15(11-31-24(20)28)9-17-21(19)22(26-32-17)12-3-5-16(25)6-4-12;1-28-17-7-6-14(8-16(17)26)19-20-15(11-29-23(20)27)9-18-21(19)22(24-30-18)13-4-2-12(10-25)3-5-13;1-27-16-7-4-12(8-15(16)25)18-19-13(10-28-22(19)26)9-17-20(18)21(24-29-17)11-2-5-14(23)6-3-11/h3-8,19,27H,9-11H2,1-2H3;2-8,19,25-26H,9-11H2,1H3;2-8,18,25H,9-10H2,1H3. The summed E-state index contributed by atoms with van der Waals surface area (Å²) in [5.41, 5.74) is 14.6. The monoisotopic (exact) mass is 1270 g/mol. The van der Waals surface area contributed by atoms with E-state index in [9.17, 15) is 34.8 Å². The third kappa shape index (κ3) is 10.8. The lowest BCUT2D eigenvalue weighted by Gasteiger charge is -2.25. The molecule has 6 aliphatic rings. The summed E-state index contributed by atoms with van der Waals surface area (Å²) >= 11 is 12.1. The molecule has 22 heteroatoms. The van der Waals surface area contributed by atoms with Crippen molar-refractivity contribution in [2.75, 3.05) is 48.3 Å². The SMILES string of the molecule is COc1cc(C2C3=C(COC3=O)Cc3onc(-c4ccc(Cl)cc4)c32)cc(CO)c1OC.COc1ccc(C2C3=C(COC3=O)Cc3onc(-c4ccc(CO)cc4)c32)cc1O.COc1ccc(C2C3=C(COC3=O)Cc3onc(-c4ccc(Cl)cc4)c32)cc1O. The highest BCUT2D eigenvalue weighted by Crippen LogP contribution is 2.52. The van der Waals surface area contributed by atoms with E-state index >= 15 is 0 Å². The molecule has 462 valence electrons. The molecule has 3 aliphatic carbocycles. The van der Waals surface area contributed by atoms with Gasteiger partial charge in [-0.25, -0.2) is 14.4 Å². The van der Waals surface area contributed by atoms with Crippen molar-refractivity contribution in [1.82, 2.24) is 15.5 Å². The molecule has 15 rings (SSSR count).